The van der Waals surface area contributed by atoms with Crippen LogP contribution in [0.1, 0.15) is 37.8 Å². The topological polar surface area (TPSA) is 148 Å². The number of ether oxygens (including phenoxy) is 2. The van der Waals surface area contributed by atoms with Crippen molar-refractivity contribution < 1.29 is 29.3 Å². The van der Waals surface area contributed by atoms with Crippen LogP contribution in [0.25, 0.3) is 0 Å². The Morgan fingerprint density at radius 2 is 1.24 bits per heavy atom. The summed E-state index contributed by atoms with van der Waals surface area (Å²) in [6, 6.07) is 10.1. The summed E-state index contributed by atoms with van der Waals surface area (Å²) in [6.07, 6.45) is 1.58. The predicted molar refractivity (Wildman–Crippen MR) is 129 cm³/mol. The summed E-state index contributed by atoms with van der Waals surface area (Å²) in [5, 5.41) is 20.0. The quantitative estimate of drug-likeness (QED) is 0.289. The molecule has 0 saturated carbocycles. The molecule has 2 amide bonds. The maximum absolute atomic E-state index is 11.0. The molecular weight excluding hydrogens is 438 g/mol. The van der Waals surface area contributed by atoms with E-state index in [-0.39, 0.29) is 24.3 Å². The number of nitrogens with two attached hydrogens (primary N) is 2. The van der Waals surface area contributed by atoms with Gasteiger partial charge in [-0.3, -0.25) is 9.59 Å². The van der Waals surface area contributed by atoms with Gasteiger partial charge in [0.25, 0.3) is 0 Å². The minimum Gasteiger partial charge on any atom is -0.508 e. The number of carbonyl (C=O) groups excluding carboxylic acids is 2. The first-order valence-electron chi connectivity index (χ1n) is 11.4. The molecule has 0 saturated heterocycles. The Labute approximate surface area is 200 Å². The van der Waals surface area contributed by atoms with Gasteiger partial charge in [0.15, 0.2) is 0 Å². The molecule has 186 valence electrons. The second-order valence-corrected chi connectivity index (χ2v) is 8.40. The van der Waals surface area contributed by atoms with E-state index in [2.05, 4.69) is 18.7 Å². The Hall–Kier alpha value is -3.46. The molecule has 0 unspecified atom stereocenters. The first-order chi connectivity index (χ1) is 16.2. The van der Waals surface area contributed by atoms with Crippen LogP contribution in [0.5, 0.6) is 23.0 Å². The minimum atomic E-state index is -0.501. The molecule has 9 nitrogen and oxygen atoms in total. The molecule has 0 heterocycles. The summed E-state index contributed by atoms with van der Waals surface area (Å²) < 4.78 is 11.5. The van der Waals surface area contributed by atoms with Crippen LogP contribution >= 0.6 is 0 Å². The molecule has 2 aromatic carbocycles. The van der Waals surface area contributed by atoms with E-state index in [4.69, 9.17) is 20.9 Å². The van der Waals surface area contributed by atoms with Crippen molar-refractivity contribution in [1.82, 2.24) is 4.90 Å². The number of benzene rings is 2. The largest absolute Gasteiger partial charge is 0.508 e. The van der Waals surface area contributed by atoms with Gasteiger partial charge in [0.1, 0.15) is 23.0 Å². The summed E-state index contributed by atoms with van der Waals surface area (Å²) in [7, 11) is 0. The zero-order valence-corrected chi connectivity index (χ0v) is 19.8. The zero-order chi connectivity index (χ0) is 25.1. The lowest BCUT2D eigenvalue weighted by atomic mass is 10.1. The second kappa shape index (κ2) is 13.3. The highest BCUT2D eigenvalue weighted by molar-refractivity contribution is 5.78. The Morgan fingerprint density at radius 3 is 1.56 bits per heavy atom. The van der Waals surface area contributed by atoms with Gasteiger partial charge in [-0.15, -0.1) is 0 Å². The Balaban J connectivity index is 1.71. The van der Waals surface area contributed by atoms with E-state index >= 15 is 0 Å². The van der Waals surface area contributed by atoms with Crippen LogP contribution in [-0.4, -0.2) is 59.3 Å². The number of phenolic OH excluding ortho intramolecular Hbond substituents is 2. The smallest absolute Gasteiger partial charge is 0.221 e. The average molecular weight is 474 g/mol. The molecule has 9 heteroatoms. The molecule has 34 heavy (non-hydrogen) atoms. The number of hydrogen-bond acceptors (Lipinski definition) is 7. The number of carbonyl (C=O) groups is 2. The van der Waals surface area contributed by atoms with E-state index in [0.717, 1.165) is 25.9 Å². The third kappa shape index (κ3) is 9.19. The maximum atomic E-state index is 11.0. The normalized spacial score (nSPS) is 11.1. The van der Waals surface area contributed by atoms with Gasteiger partial charge < -0.3 is 36.1 Å². The first-order valence-corrected chi connectivity index (χ1v) is 11.4. The van der Waals surface area contributed by atoms with Gasteiger partial charge >= 0.3 is 0 Å². The number of amides is 2. The van der Waals surface area contributed by atoms with E-state index in [1.165, 1.54) is 12.1 Å². The number of phenols is 2. The molecule has 0 bridgehead atoms. The van der Waals surface area contributed by atoms with Gasteiger partial charge in [-0.25, -0.2) is 0 Å². The number of nitrogens with zero attached hydrogens (tertiary/aromatic N) is 1. The van der Waals surface area contributed by atoms with Crippen LogP contribution in [0, 0.1) is 0 Å². The van der Waals surface area contributed by atoms with Crippen LogP contribution < -0.4 is 20.9 Å². The lowest BCUT2D eigenvalue weighted by Crippen LogP contribution is -2.34. The highest BCUT2D eigenvalue weighted by Gasteiger charge is 2.11. The average Bonchev–Trinajstić information content (AvgIpc) is 2.75. The van der Waals surface area contributed by atoms with Crippen LogP contribution in [0.15, 0.2) is 36.4 Å². The van der Waals surface area contributed by atoms with Gasteiger partial charge in [-0.05, 0) is 38.8 Å². The summed E-state index contributed by atoms with van der Waals surface area (Å²) in [5.41, 5.74) is 11.3. The molecule has 0 aromatic heterocycles. The highest BCUT2D eigenvalue weighted by atomic mass is 16.5. The fourth-order valence-electron chi connectivity index (χ4n) is 3.48. The first kappa shape index (κ1) is 26.8. The van der Waals surface area contributed by atoms with Gasteiger partial charge in [0, 0.05) is 42.4 Å². The van der Waals surface area contributed by atoms with E-state index < -0.39 is 11.8 Å². The summed E-state index contributed by atoms with van der Waals surface area (Å²) in [4.78, 5) is 24.3. The highest BCUT2D eigenvalue weighted by Crippen LogP contribution is 2.25. The lowest BCUT2D eigenvalue weighted by molar-refractivity contribution is -0.118. The van der Waals surface area contributed by atoms with E-state index in [1.54, 1.807) is 24.3 Å². The van der Waals surface area contributed by atoms with Crippen molar-refractivity contribution in [2.75, 3.05) is 26.3 Å². The Bertz CT molecular complexity index is 890. The third-order valence-electron chi connectivity index (χ3n) is 5.29. The van der Waals surface area contributed by atoms with Crippen LogP contribution in [-0.2, 0) is 22.4 Å². The van der Waals surface area contributed by atoms with Crippen molar-refractivity contribution in [2.24, 2.45) is 11.5 Å². The zero-order valence-electron chi connectivity index (χ0n) is 19.8. The monoisotopic (exact) mass is 473 g/mol. The third-order valence-corrected chi connectivity index (χ3v) is 5.29. The molecule has 0 aliphatic rings. The lowest BCUT2D eigenvalue weighted by Gasteiger charge is -2.26. The van der Waals surface area contributed by atoms with E-state index in [0.29, 0.717) is 41.9 Å². The van der Waals surface area contributed by atoms with E-state index in [9.17, 15) is 19.8 Å². The van der Waals surface area contributed by atoms with Crippen molar-refractivity contribution in [3.63, 3.8) is 0 Å². The predicted octanol–water partition coefficient (Wildman–Crippen LogP) is 2.10. The number of rotatable bonds is 15. The fraction of sp³-hybridized carbons (Fsp3) is 0.440. The molecule has 0 radical (unpaired) electrons. The van der Waals surface area contributed by atoms with Gasteiger partial charge in [0.2, 0.25) is 11.8 Å². The minimum absolute atomic E-state index is 0.00376. The molecule has 0 fully saturated rings. The molecule has 6 N–H and O–H groups in total. The van der Waals surface area contributed by atoms with Crippen LogP contribution in [0.4, 0.5) is 0 Å². The maximum Gasteiger partial charge on any atom is 0.221 e. The molecule has 0 aliphatic carbocycles. The van der Waals surface area contributed by atoms with Gasteiger partial charge in [-0.1, -0.05) is 12.1 Å². The van der Waals surface area contributed by atoms with Gasteiger partial charge in [-0.2, -0.15) is 0 Å². The molecular formula is C25H35N3O6. The number of hydrogen-bond donors (Lipinski definition) is 4. The summed E-state index contributed by atoms with van der Waals surface area (Å²) in [6.45, 7) is 6.92. The molecule has 0 atom stereocenters. The van der Waals surface area contributed by atoms with Crippen molar-refractivity contribution in [2.45, 2.75) is 45.6 Å². The summed E-state index contributed by atoms with van der Waals surface area (Å²) in [5.74, 6) is 0.0753. The van der Waals surface area contributed by atoms with Crippen molar-refractivity contribution in [3.05, 3.63) is 47.5 Å². The standard InChI is InChI=1S/C25H35N3O6/c1-17(2)28(9-3-11-33-20-7-5-18(13-24(26)31)22(29)15-20)10-4-12-34-21-8-6-19(14-25(27)32)23(30)16-21/h5-8,15-17,29-30H,3-4,9-14H2,1-2H3,(H2,26,31)(H2,27,32). The Morgan fingerprint density at radius 1 is 0.824 bits per heavy atom. The van der Waals surface area contributed by atoms with E-state index in [1.807, 2.05) is 0 Å². The second-order valence-electron chi connectivity index (χ2n) is 8.40. The summed E-state index contributed by atoms with van der Waals surface area (Å²) >= 11 is 0. The number of primary amides is 2. The van der Waals surface area contributed by atoms with Crippen molar-refractivity contribution in [1.29, 1.82) is 0 Å². The SMILES string of the molecule is CC(C)N(CCCOc1ccc(CC(N)=O)c(O)c1)CCCOc1ccc(CC(N)=O)c(O)c1. The molecule has 0 spiro atoms. The fourth-order valence-corrected chi connectivity index (χ4v) is 3.48. The van der Waals surface area contributed by atoms with Gasteiger partial charge in [0.05, 0.1) is 26.1 Å². The molecule has 2 rings (SSSR count). The van der Waals surface area contributed by atoms with Crippen molar-refractivity contribution in [3.8, 4) is 23.0 Å². The van der Waals surface area contributed by atoms with Crippen molar-refractivity contribution >= 4 is 11.8 Å². The molecule has 2 aromatic rings. The van der Waals surface area contributed by atoms with Crippen LogP contribution in [0.2, 0.25) is 0 Å². The Kier molecular flexibility index (Phi) is 10.5. The number of aromatic hydroxyl groups is 2. The van der Waals surface area contributed by atoms with Crippen LogP contribution in [0.3, 0.4) is 0 Å². The molecule has 0 aliphatic heterocycles.